The van der Waals surface area contributed by atoms with Gasteiger partial charge in [-0.1, -0.05) is 25.5 Å². The number of rotatable bonds is 9. The van der Waals surface area contributed by atoms with Crippen molar-refractivity contribution in [2.24, 2.45) is 0 Å². The molecule has 0 aromatic heterocycles. The second-order valence-electron chi connectivity index (χ2n) is 4.75. The first-order chi connectivity index (χ1) is 10.5. The summed E-state index contributed by atoms with van der Waals surface area (Å²) in [5.41, 5.74) is -0.114. The van der Waals surface area contributed by atoms with E-state index in [9.17, 15) is 9.59 Å². The van der Waals surface area contributed by atoms with Crippen LogP contribution >= 0.6 is 0 Å². The number of carbonyl (C=O) groups is 2. The molecule has 0 amide bonds. The molecule has 6 heteroatoms. The Kier molecular flexibility index (Phi) is 7.56. The Morgan fingerprint density at radius 3 is 2.36 bits per heavy atom. The molecule has 0 spiro atoms. The SMILES string of the molecule is CCCCOC(C)OC(C)OC(=O)c1ccccc1C(=O)O. The van der Waals surface area contributed by atoms with E-state index in [1.165, 1.54) is 12.1 Å². The van der Waals surface area contributed by atoms with Crippen molar-refractivity contribution < 1.29 is 28.9 Å². The van der Waals surface area contributed by atoms with E-state index < -0.39 is 24.5 Å². The summed E-state index contributed by atoms with van der Waals surface area (Å²) in [6.45, 7) is 5.89. The molecule has 1 aromatic rings. The van der Waals surface area contributed by atoms with Crippen LogP contribution < -0.4 is 0 Å². The molecular weight excluding hydrogens is 288 g/mol. The van der Waals surface area contributed by atoms with Gasteiger partial charge in [-0.2, -0.15) is 0 Å². The first-order valence-corrected chi connectivity index (χ1v) is 7.26. The molecule has 122 valence electrons. The fourth-order valence-electron chi connectivity index (χ4n) is 1.79. The van der Waals surface area contributed by atoms with Gasteiger partial charge in [0.1, 0.15) is 0 Å². The molecular formula is C16H22O6. The van der Waals surface area contributed by atoms with E-state index in [0.29, 0.717) is 6.61 Å². The molecule has 1 N–H and O–H groups in total. The van der Waals surface area contributed by atoms with E-state index in [4.69, 9.17) is 19.3 Å². The number of hydrogen-bond donors (Lipinski definition) is 1. The highest BCUT2D eigenvalue weighted by atomic mass is 16.8. The number of carboxylic acids is 1. The smallest absolute Gasteiger partial charge is 0.341 e. The molecule has 1 rings (SSSR count). The summed E-state index contributed by atoms with van der Waals surface area (Å²) in [6.07, 6.45) is 0.590. The second-order valence-corrected chi connectivity index (χ2v) is 4.75. The zero-order chi connectivity index (χ0) is 16.5. The van der Waals surface area contributed by atoms with Crippen LogP contribution in [0, 0.1) is 0 Å². The summed E-state index contributed by atoms with van der Waals surface area (Å²) in [5, 5.41) is 9.06. The Labute approximate surface area is 130 Å². The molecule has 0 aliphatic carbocycles. The Balaban J connectivity index is 2.56. The third-order valence-electron chi connectivity index (χ3n) is 2.88. The highest BCUT2D eigenvalue weighted by Crippen LogP contribution is 2.12. The average Bonchev–Trinajstić information content (AvgIpc) is 2.47. The minimum atomic E-state index is -1.18. The molecule has 0 saturated carbocycles. The van der Waals surface area contributed by atoms with Gasteiger partial charge in [0.05, 0.1) is 11.1 Å². The lowest BCUT2D eigenvalue weighted by Gasteiger charge is -2.20. The van der Waals surface area contributed by atoms with Crippen LogP contribution in [0.3, 0.4) is 0 Å². The number of benzene rings is 1. The molecule has 0 heterocycles. The van der Waals surface area contributed by atoms with Crippen LogP contribution in [0.15, 0.2) is 24.3 Å². The molecule has 2 atom stereocenters. The molecule has 1 aromatic carbocycles. The van der Waals surface area contributed by atoms with E-state index in [-0.39, 0.29) is 11.1 Å². The minimum absolute atomic E-state index is 0.00926. The van der Waals surface area contributed by atoms with Gasteiger partial charge >= 0.3 is 11.9 Å². The predicted molar refractivity (Wildman–Crippen MR) is 79.7 cm³/mol. The summed E-state index contributed by atoms with van der Waals surface area (Å²) in [4.78, 5) is 23.1. The molecule has 0 bridgehead atoms. The molecule has 22 heavy (non-hydrogen) atoms. The molecule has 6 nitrogen and oxygen atoms in total. The van der Waals surface area contributed by atoms with Crippen LogP contribution in [0.2, 0.25) is 0 Å². The number of carboxylic acid groups (broad SMARTS) is 1. The van der Waals surface area contributed by atoms with Crippen molar-refractivity contribution in [3.05, 3.63) is 35.4 Å². The van der Waals surface area contributed by atoms with Gasteiger partial charge in [0.15, 0.2) is 6.29 Å². The van der Waals surface area contributed by atoms with Crippen LogP contribution in [0.4, 0.5) is 0 Å². The maximum atomic E-state index is 12.0. The minimum Gasteiger partial charge on any atom is -0.478 e. The van der Waals surface area contributed by atoms with Gasteiger partial charge in [-0.05, 0) is 32.4 Å². The van der Waals surface area contributed by atoms with Crippen molar-refractivity contribution in [2.45, 2.75) is 46.2 Å². The van der Waals surface area contributed by atoms with Crippen molar-refractivity contribution in [2.75, 3.05) is 6.61 Å². The molecule has 0 radical (unpaired) electrons. The zero-order valence-electron chi connectivity index (χ0n) is 13.1. The van der Waals surface area contributed by atoms with E-state index in [2.05, 4.69) is 6.92 Å². The van der Waals surface area contributed by atoms with Crippen molar-refractivity contribution in [3.8, 4) is 0 Å². The quantitative estimate of drug-likeness (QED) is 0.429. The van der Waals surface area contributed by atoms with Gasteiger partial charge in [-0.15, -0.1) is 0 Å². The van der Waals surface area contributed by atoms with Crippen molar-refractivity contribution in [1.29, 1.82) is 0 Å². The Morgan fingerprint density at radius 2 is 1.77 bits per heavy atom. The number of ether oxygens (including phenoxy) is 3. The lowest BCUT2D eigenvalue weighted by Crippen LogP contribution is -2.25. The molecule has 2 unspecified atom stereocenters. The van der Waals surface area contributed by atoms with Crippen LogP contribution in [-0.2, 0) is 14.2 Å². The average molecular weight is 310 g/mol. The highest BCUT2D eigenvalue weighted by molar-refractivity contribution is 6.02. The molecule has 0 aliphatic heterocycles. The van der Waals surface area contributed by atoms with Crippen LogP contribution in [0.1, 0.15) is 54.3 Å². The predicted octanol–water partition coefficient (Wildman–Crippen LogP) is 3.07. The van der Waals surface area contributed by atoms with E-state index in [0.717, 1.165) is 12.8 Å². The van der Waals surface area contributed by atoms with E-state index in [1.54, 1.807) is 26.0 Å². The molecule has 0 aliphatic rings. The lowest BCUT2D eigenvalue weighted by atomic mass is 10.1. The number of esters is 1. The number of hydrogen-bond acceptors (Lipinski definition) is 5. The van der Waals surface area contributed by atoms with E-state index >= 15 is 0 Å². The van der Waals surface area contributed by atoms with Crippen LogP contribution in [0.5, 0.6) is 0 Å². The highest BCUT2D eigenvalue weighted by Gasteiger charge is 2.20. The summed E-state index contributed by atoms with van der Waals surface area (Å²) >= 11 is 0. The topological polar surface area (TPSA) is 82.1 Å². The van der Waals surface area contributed by atoms with Gasteiger partial charge in [-0.25, -0.2) is 9.59 Å². The van der Waals surface area contributed by atoms with Crippen molar-refractivity contribution in [3.63, 3.8) is 0 Å². The summed E-state index contributed by atoms with van der Waals surface area (Å²) < 4.78 is 15.9. The largest absolute Gasteiger partial charge is 0.478 e. The third-order valence-corrected chi connectivity index (χ3v) is 2.88. The Bertz CT molecular complexity index is 499. The van der Waals surface area contributed by atoms with Gasteiger partial charge in [0.2, 0.25) is 6.29 Å². The number of carbonyl (C=O) groups excluding carboxylic acids is 1. The standard InChI is InChI=1S/C16H22O6/c1-4-5-10-20-11(2)21-12(3)22-16(19)14-9-7-6-8-13(14)15(17)18/h6-9,11-12H,4-5,10H2,1-3H3,(H,17,18). The lowest BCUT2D eigenvalue weighted by molar-refractivity contribution is -0.213. The maximum absolute atomic E-state index is 12.0. The normalized spacial score (nSPS) is 13.4. The summed E-state index contributed by atoms with van der Waals surface area (Å²) in [5.74, 6) is -1.93. The maximum Gasteiger partial charge on any atom is 0.341 e. The third kappa shape index (κ3) is 5.83. The van der Waals surface area contributed by atoms with Crippen molar-refractivity contribution >= 4 is 11.9 Å². The molecule has 0 saturated heterocycles. The summed E-state index contributed by atoms with van der Waals surface area (Å²) in [7, 11) is 0. The summed E-state index contributed by atoms with van der Waals surface area (Å²) in [6, 6.07) is 5.87. The fourth-order valence-corrected chi connectivity index (χ4v) is 1.79. The first-order valence-electron chi connectivity index (χ1n) is 7.26. The molecule has 0 fully saturated rings. The van der Waals surface area contributed by atoms with E-state index in [1.807, 2.05) is 0 Å². The Morgan fingerprint density at radius 1 is 1.14 bits per heavy atom. The first kappa shape index (κ1) is 18.1. The van der Waals surface area contributed by atoms with Crippen LogP contribution in [-0.4, -0.2) is 36.2 Å². The second kappa shape index (κ2) is 9.17. The number of unbranched alkanes of at least 4 members (excludes halogenated alkanes) is 1. The van der Waals surface area contributed by atoms with Gasteiger partial charge in [-0.3, -0.25) is 0 Å². The monoisotopic (exact) mass is 310 g/mol. The fraction of sp³-hybridized carbons (Fsp3) is 0.500. The zero-order valence-corrected chi connectivity index (χ0v) is 13.1. The van der Waals surface area contributed by atoms with Gasteiger partial charge < -0.3 is 19.3 Å². The van der Waals surface area contributed by atoms with Crippen LogP contribution in [0.25, 0.3) is 0 Å². The van der Waals surface area contributed by atoms with Gasteiger partial charge in [0.25, 0.3) is 0 Å². The Hall–Kier alpha value is -1.92. The van der Waals surface area contributed by atoms with Crippen molar-refractivity contribution in [1.82, 2.24) is 0 Å². The van der Waals surface area contributed by atoms with Gasteiger partial charge in [0, 0.05) is 6.61 Å². The number of aromatic carboxylic acids is 1.